The number of hydrogen-bond acceptors (Lipinski definition) is 8. The first-order chi connectivity index (χ1) is 17.0. The summed E-state index contributed by atoms with van der Waals surface area (Å²) in [4.78, 5) is 18.5. The molecule has 3 atom stereocenters. The van der Waals surface area contributed by atoms with Gasteiger partial charge in [-0.3, -0.25) is 9.78 Å². The number of nitrogens with zero attached hydrogens (tertiary/aromatic N) is 6. The predicted octanol–water partition coefficient (Wildman–Crippen LogP) is 2.90. The summed E-state index contributed by atoms with van der Waals surface area (Å²) in [7, 11) is 1.89. The van der Waals surface area contributed by atoms with Crippen LogP contribution in [0.5, 0.6) is 0 Å². The molecule has 7 rings (SSSR count). The van der Waals surface area contributed by atoms with Crippen LogP contribution in [0.25, 0.3) is 27.5 Å². The van der Waals surface area contributed by atoms with Crippen molar-refractivity contribution >= 4 is 33.6 Å². The van der Waals surface area contributed by atoms with Gasteiger partial charge in [0.25, 0.3) is 0 Å². The van der Waals surface area contributed by atoms with Gasteiger partial charge < -0.3 is 15.5 Å². The number of hydrogen-bond donors (Lipinski definition) is 2. The number of piperidine rings is 2. The van der Waals surface area contributed by atoms with Gasteiger partial charge in [-0.15, -0.1) is 16.6 Å². The molecule has 2 bridgehead atoms. The van der Waals surface area contributed by atoms with Gasteiger partial charge in [0.1, 0.15) is 0 Å². The zero-order chi connectivity index (χ0) is 24.1. The first-order valence-electron chi connectivity index (χ1n) is 11.5. The summed E-state index contributed by atoms with van der Waals surface area (Å²) < 4.78 is 1.83. The van der Waals surface area contributed by atoms with Crippen molar-refractivity contribution < 1.29 is 4.79 Å². The van der Waals surface area contributed by atoms with E-state index in [1.54, 1.807) is 24.5 Å². The number of rotatable bonds is 5. The Bertz CT molecular complexity index is 1470. The summed E-state index contributed by atoms with van der Waals surface area (Å²) in [5, 5.41) is 21.5. The number of terminal acetylenes is 1. The monoisotopic (exact) mass is 484 g/mol. The summed E-state index contributed by atoms with van der Waals surface area (Å²) in [5.74, 6) is 3.61. The predicted molar refractivity (Wildman–Crippen MR) is 136 cm³/mol. The highest BCUT2D eigenvalue weighted by molar-refractivity contribution is 7.18. The lowest BCUT2D eigenvalue weighted by atomic mass is 9.66. The first kappa shape index (κ1) is 21.6. The van der Waals surface area contributed by atoms with E-state index in [-0.39, 0.29) is 5.91 Å². The van der Waals surface area contributed by atoms with E-state index in [9.17, 15) is 4.79 Å². The Labute approximate surface area is 206 Å². The molecule has 35 heavy (non-hydrogen) atoms. The van der Waals surface area contributed by atoms with E-state index < -0.39 is 0 Å². The second-order valence-corrected chi connectivity index (χ2v) is 10.0. The number of nitrogens with one attached hydrogen (secondary N) is 2. The number of carbonyl (C=O) groups excluding carboxylic acids is 1. The highest BCUT2D eigenvalue weighted by atomic mass is 32.1. The molecule has 0 aromatic carbocycles. The molecule has 1 aliphatic carbocycles. The van der Waals surface area contributed by atoms with Gasteiger partial charge in [-0.2, -0.15) is 5.10 Å². The molecule has 4 aromatic rings. The molecule has 1 amide bonds. The van der Waals surface area contributed by atoms with Gasteiger partial charge in [-0.1, -0.05) is 17.3 Å². The van der Waals surface area contributed by atoms with Crippen molar-refractivity contribution in [1.82, 2.24) is 30.1 Å². The highest BCUT2D eigenvalue weighted by Gasteiger charge is 2.47. The van der Waals surface area contributed by atoms with Gasteiger partial charge in [0.2, 0.25) is 11.0 Å². The lowest BCUT2D eigenvalue weighted by Crippen LogP contribution is -2.64. The molecule has 6 heterocycles. The molecule has 0 spiro atoms. The van der Waals surface area contributed by atoms with Crippen LogP contribution < -0.4 is 15.5 Å². The maximum Gasteiger partial charge on any atom is 0.217 e. The van der Waals surface area contributed by atoms with Crippen LogP contribution in [0, 0.1) is 24.2 Å². The van der Waals surface area contributed by atoms with Crippen LogP contribution in [-0.2, 0) is 4.79 Å². The fourth-order valence-corrected chi connectivity index (χ4v) is 6.10. The van der Waals surface area contributed by atoms with Crippen LogP contribution in [0.4, 0.5) is 10.8 Å². The molecule has 4 aromatic heterocycles. The van der Waals surface area contributed by atoms with Crippen LogP contribution in [-0.4, -0.2) is 56.9 Å². The van der Waals surface area contributed by atoms with E-state index in [1.807, 2.05) is 42.0 Å². The van der Waals surface area contributed by atoms with Gasteiger partial charge in [-0.05, 0) is 42.5 Å². The van der Waals surface area contributed by atoms with Crippen LogP contribution in [0.15, 0.2) is 36.7 Å². The molecule has 2 saturated heterocycles. The van der Waals surface area contributed by atoms with Crippen molar-refractivity contribution in [3.05, 3.63) is 42.2 Å². The highest BCUT2D eigenvalue weighted by Crippen LogP contribution is 2.43. The van der Waals surface area contributed by atoms with Crippen LogP contribution in [0.2, 0.25) is 0 Å². The molecule has 0 radical (unpaired) electrons. The minimum Gasteiger partial charge on any atom is -0.387 e. The third-order valence-corrected chi connectivity index (χ3v) is 7.94. The number of anilines is 2. The molecule has 1 unspecified atom stereocenters. The van der Waals surface area contributed by atoms with Crippen molar-refractivity contribution in [1.29, 1.82) is 0 Å². The Morgan fingerprint density at radius 2 is 2.03 bits per heavy atom. The molecule has 10 heteroatoms. The summed E-state index contributed by atoms with van der Waals surface area (Å²) in [6.45, 7) is 3.37. The first-order valence-corrected chi connectivity index (χ1v) is 12.3. The second-order valence-electron chi connectivity index (χ2n) is 9.09. The summed E-state index contributed by atoms with van der Waals surface area (Å²) in [6, 6.07) is 8.19. The SMILES string of the molecule is C#Cc1cnn2c(-c3cc(NC)c(-c4nnc(N5C[C@H]6C[C@@H](C5)C6NC(C)=O)s4)cn3)ccc2c1. The Morgan fingerprint density at radius 3 is 2.77 bits per heavy atom. The summed E-state index contributed by atoms with van der Waals surface area (Å²) in [5.41, 5.74) is 5.16. The van der Waals surface area contributed by atoms with Crippen LogP contribution in [0.1, 0.15) is 18.9 Å². The van der Waals surface area contributed by atoms with E-state index in [0.29, 0.717) is 17.9 Å². The standard InChI is InChI=1S/C25H24N8OS/c1-4-15-7-18-5-6-22(33(18)28-10-15)21-9-20(26-3)19(11-27-21)24-30-31-25(35-24)32-12-16-8-17(13-32)23(16)29-14(2)34/h1,5-7,9-11,16-17,23H,8,12-13H2,2-3H3,(H,26,27)(H,29,34)/t16-,17+,23?. The van der Waals surface area contributed by atoms with Gasteiger partial charge in [0, 0.05) is 50.6 Å². The lowest BCUT2D eigenvalue weighted by Gasteiger charge is -2.53. The van der Waals surface area contributed by atoms with Gasteiger partial charge in [0.15, 0.2) is 5.01 Å². The molecule has 2 N–H and O–H groups in total. The lowest BCUT2D eigenvalue weighted by molar-refractivity contribution is -0.122. The van der Waals surface area contributed by atoms with Crippen molar-refractivity contribution in [2.45, 2.75) is 19.4 Å². The average molecular weight is 485 g/mol. The number of pyridine rings is 1. The molecular formula is C25H24N8OS. The van der Waals surface area contributed by atoms with Crippen molar-refractivity contribution in [2.75, 3.05) is 30.4 Å². The molecule has 3 fully saturated rings. The van der Waals surface area contributed by atoms with Gasteiger partial charge in [0.05, 0.1) is 28.7 Å². The third-order valence-electron chi connectivity index (χ3n) is 6.92. The zero-order valence-electron chi connectivity index (χ0n) is 19.4. The van der Waals surface area contributed by atoms with Gasteiger partial charge >= 0.3 is 0 Å². The summed E-state index contributed by atoms with van der Waals surface area (Å²) in [6.07, 6.45) is 10.2. The number of amides is 1. The Kier molecular flexibility index (Phi) is 5.15. The largest absolute Gasteiger partial charge is 0.387 e. The molecule has 2 aliphatic heterocycles. The fraction of sp³-hybridized carbons (Fsp3) is 0.320. The van der Waals surface area contributed by atoms with Crippen LogP contribution >= 0.6 is 11.3 Å². The van der Waals surface area contributed by atoms with Crippen molar-refractivity contribution in [2.24, 2.45) is 11.8 Å². The number of fused-ring (bicyclic) bond motifs is 3. The second kappa shape index (κ2) is 8.36. The quantitative estimate of drug-likeness (QED) is 0.420. The van der Waals surface area contributed by atoms with Crippen molar-refractivity contribution in [3.8, 4) is 34.3 Å². The number of carbonyl (C=O) groups is 1. The van der Waals surface area contributed by atoms with E-state index in [4.69, 9.17) is 11.4 Å². The molecule has 9 nitrogen and oxygen atoms in total. The maximum atomic E-state index is 11.5. The van der Waals surface area contributed by atoms with E-state index in [0.717, 1.165) is 63.4 Å². The Morgan fingerprint density at radius 1 is 1.20 bits per heavy atom. The minimum absolute atomic E-state index is 0.0492. The minimum atomic E-state index is 0.0492. The third kappa shape index (κ3) is 3.68. The molecular weight excluding hydrogens is 460 g/mol. The fourth-order valence-electron chi connectivity index (χ4n) is 5.21. The normalized spacial score (nSPS) is 20.8. The number of aromatic nitrogens is 5. The average Bonchev–Trinajstić information content (AvgIpc) is 3.54. The van der Waals surface area contributed by atoms with Crippen LogP contribution in [0.3, 0.4) is 0 Å². The topological polar surface area (TPSA) is 100 Å². The van der Waals surface area contributed by atoms with Crippen molar-refractivity contribution in [3.63, 3.8) is 0 Å². The Balaban J connectivity index is 1.25. The van der Waals surface area contributed by atoms with E-state index in [1.165, 1.54) is 0 Å². The molecule has 3 aliphatic rings. The summed E-state index contributed by atoms with van der Waals surface area (Å²) >= 11 is 1.57. The van der Waals surface area contributed by atoms with Gasteiger partial charge in [-0.25, -0.2) is 4.52 Å². The van der Waals surface area contributed by atoms with E-state index in [2.05, 4.69) is 36.7 Å². The maximum absolute atomic E-state index is 11.5. The smallest absolute Gasteiger partial charge is 0.217 e. The molecule has 1 saturated carbocycles. The molecule has 176 valence electrons. The van der Waals surface area contributed by atoms with E-state index >= 15 is 0 Å². The zero-order valence-corrected chi connectivity index (χ0v) is 20.2. The Hall–Kier alpha value is -3.97.